The van der Waals surface area contributed by atoms with Crippen LogP contribution in [0, 0.1) is 0 Å². The molecule has 0 atom stereocenters. The number of alkyl carbamates (subject to hydrolysis) is 1. The molecule has 0 fully saturated rings. The van der Waals surface area contributed by atoms with Gasteiger partial charge < -0.3 is 20.5 Å². The first-order chi connectivity index (χ1) is 18.1. The van der Waals surface area contributed by atoms with Gasteiger partial charge in [-0.25, -0.2) is 19.6 Å². The van der Waals surface area contributed by atoms with E-state index in [1.807, 2.05) is 42.5 Å². The van der Waals surface area contributed by atoms with Crippen molar-refractivity contribution in [2.45, 2.75) is 45.8 Å². The molecule has 0 saturated heterocycles. The van der Waals surface area contributed by atoms with Crippen molar-refractivity contribution in [3.63, 3.8) is 0 Å². The number of nitrogens with zero attached hydrogens (tertiary/aromatic N) is 3. The summed E-state index contributed by atoms with van der Waals surface area (Å²) in [4.78, 5) is 45.9. The Kier molecular flexibility index (Phi) is 8.06. The van der Waals surface area contributed by atoms with Gasteiger partial charge in [0.2, 0.25) is 0 Å². The number of aromatic nitrogens is 3. The number of carboxylic acid groups (broad SMARTS) is 1. The quantitative estimate of drug-likeness (QED) is 0.265. The average molecular weight is 536 g/mol. The Bertz CT molecular complexity index is 1510. The second-order valence-electron chi connectivity index (χ2n) is 9.54. The highest BCUT2D eigenvalue weighted by Crippen LogP contribution is 2.21. The fraction of sp³-hybridized carbons (Fsp3) is 0.296. The number of aryl methyl sites for hydroxylation is 1. The van der Waals surface area contributed by atoms with Crippen LogP contribution >= 0.6 is 11.3 Å². The van der Waals surface area contributed by atoms with Crippen LogP contribution in [0.3, 0.4) is 0 Å². The van der Waals surface area contributed by atoms with Crippen LogP contribution in [-0.4, -0.2) is 43.8 Å². The zero-order valence-electron chi connectivity index (χ0n) is 21.4. The van der Waals surface area contributed by atoms with Crippen molar-refractivity contribution in [3.8, 4) is 5.69 Å². The number of carbonyl (C=O) groups is 2. The standard InChI is InChI=1S/C27H29N5O5S/c1-27(2,3)37-26(36)28-14-8-13-21-30-19-12-7-9-17(15-29-25-31-20(16-38-25)24(34)35)22(19)23(33)32(21)18-10-5-4-6-11-18/h4-7,9-12,16H,8,13-15H2,1-3H3,(H,28,36)(H,29,31)(H,34,35). The van der Waals surface area contributed by atoms with Crippen molar-refractivity contribution in [2.75, 3.05) is 11.9 Å². The molecule has 0 saturated carbocycles. The molecule has 38 heavy (non-hydrogen) atoms. The molecule has 10 nitrogen and oxygen atoms in total. The summed E-state index contributed by atoms with van der Waals surface area (Å²) < 4.78 is 6.88. The number of para-hydroxylation sites is 1. The maximum atomic E-state index is 13.9. The van der Waals surface area contributed by atoms with Gasteiger partial charge in [-0.3, -0.25) is 9.36 Å². The summed E-state index contributed by atoms with van der Waals surface area (Å²) in [5.74, 6) is -0.515. The second kappa shape index (κ2) is 11.4. The van der Waals surface area contributed by atoms with Crippen LogP contribution in [0.5, 0.6) is 0 Å². The van der Waals surface area contributed by atoms with E-state index >= 15 is 0 Å². The predicted molar refractivity (Wildman–Crippen MR) is 146 cm³/mol. The van der Waals surface area contributed by atoms with E-state index in [1.54, 1.807) is 31.4 Å². The largest absolute Gasteiger partial charge is 0.476 e. The predicted octanol–water partition coefficient (Wildman–Crippen LogP) is 4.61. The summed E-state index contributed by atoms with van der Waals surface area (Å²) in [5.41, 5.74) is 1.14. The molecule has 0 aliphatic heterocycles. The van der Waals surface area contributed by atoms with Gasteiger partial charge in [0.25, 0.3) is 5.56 Å². The molecule has 0 spiro atoms. The molecule has 4 rings (SSSR count). The fourth-order valence-electron chi connectivity index (χ4n) is 3.88. The van der Waals surface area contributed by atoms with Gasteiger partial charge in [-0.2, -0.15) is 0 Å². The van der Waals surface area contributed by atoms with Crippen molar-refractivity contribution in [1.29, 1.82) is 0 Å². The van der Waals surface area contributed by atoms with Gasteiger partial charge in [0, 0.05) is 24.9 Å². The van der Waals surface area contributed by atoms with Crippen molar-refractivity contribution in [2.24, 2.45) is 0 Å². The summed E-state index contributed by atoms with van der Waals surface area (Å²) in [6.07, 6.45) is 0.522. The monoisotopic (exact) mass is 535 g/mol. The number of benzene rings is 2. The molecule has 2 heterocycles. The smallest absolute Gasteiger partial charge is 0.407 e. The molecule has 1 amide bonds. The normalized spacial score (nSPS) is 11.3. The number of thiazole rings is 1. The highest BCUT2D eigenvalue weighted by atomic mass is 32.1. The van der Waals surface area contributed by atoms with Gasteiger partial charge in [-0.15, -0.1) is 11.3 Å². The van der Waals surface area contributed by atoms with Crippen molar-refractivity contribution >= 4 is 39.4 Å². The SMILES string of the molecule is CC(C)(C)OC(=O)NCCCc1nc2cccc(CNc3nc(C(=O)O)cs3)c2c(=O)n1-c1ccccc1. The zero-order valence-corrected chi connectivity index (χ0v) is 22.2. The Balaban J connectivity index is 1.62. The van der Waals surface area contributed by atoms with Crippen molar-refractivity contribution < 1.29 is 19.4 Å². The van der Waals surface area contributed by atoms with E-state index in [-0.39, 0.29) is 17.8 Å². The first-order valence-electron chi connectivity index (χ1n) is 12.1. The van der Waals surface area contributed by atoms with Crippen LogP contribution in [0.25, 0.3) is 16.6 Å². The van der Waals surface area contributed by atoms with E-state index in [9.17, 15) is 14.4 Å². The lowest BCUT2D eigenvalue weighted by Crippen LogP contribution is -2.33. The van der Waals surface area contributed by atoms with Gasteiger partial charge in [0.1, 0.15) is 11.4 Å². The van der Waals surface area contributed by atoms with Crippen molar-refractivity contribution in [1.82, 2.24) is 19.9 Å². The molecule has 11 heteroatoms. The number of aromatic carboxylic acids is 1. The van der Waals surface area contributed by atoms with E-state index in [4.69, 9.17) is 14.8 Å². The number of nitrogens with one attached hydrogen (secondary N) is 2. The molecular formula is C27H29N5O5S. The molecule has 0 aliphatic rings. The molecule has 0 aliphatic carbocycles. The number of hydrogen-bond acceptors (Lipinski definition) is 8. The Labute approximate surface area is 223 Å². The number of rotatable bonds is 9. The number of ether oxygens (including phenoxy) is 1. The summed E-state index contributed by atoms with van der Waals surface area (Å²) in [7, 11) is 0. The van der Waals surface area contributed by atoms with Crippen LogP contribution in [0.15, 0.2) is 58.7 Å². The third-order valence-corrected chi connectivity index (χ3v) is 6.27. The maximum absolute atomic E-state index is 13.9. The highest BCUT2D eigenvalue weighted by molar-refractivity contribution is 7.13. The lowest BCUT2D eigenvalue weighted by atomic mass is 10.1. The summed E-state index contributed by atoms with van der Waals surface area (Å²) in [5, 5.41) is 17.3. The molecule has 0 bridgehead atoms. The Morgan fingerprint density at radius 3 is 2.53 bits per heavy atom. The molecular weight excluding hydrogens is 506 g/mol. The third kappa shape index (κ3) is 6.54. The van der Waals surface area contributed by atoms with Crippen molar-refractivity contribution in [3.05, 3.63) is 81.3 Å². The minimum atomic E-state index is -1.09. The highest BCUT2D eigenvalue weighted by Gasteiger charge is 2.18. The topological polar surface area (TPSA) is 135 Å². The van der Waals surface area contributed by atoms with Crippen LogP contribution in [-0.2, 0) is 17.7 Å². The number of amides is 1. The third-order valence-electron chi connectivity index (χ3n) is 5.47. The molecule has 2 aromatic carbocycles. The Morgan fingerprint density at radius 2 is 1.84 bits per heavy atom. The maximum Gasteiger partial charge on any atom is 0.407 e. The summed E-state index contributed by atoms with van der Waals surface area (Å²) in [6.45, 7) is 6.05. The van der Waals surface area contributed by atoms with Gasteiger partial charge >= 0.3 is 12.1 Å². The number of anilines is 1. The minimum Gasteiger partial charge on any atom is -0.476 e. The fourth-order valence-corrected chi connectivity index (χ4v) is 4.56. The van der Waals surface area contributed by atoms with Gasteiger partial charge in [0.15, 0.2) is 10.8 Å². The van der Waals surface area contributed by atoms with Crippen LogP contribution < -0.4 is 16.2 Å². The first-order valence-corrected chi connectivity index (χ1v) is 13.0. The van der Waals surface area contributed by atoms with Gasteiger partial charge in [0.05, 0.1) is 16.6 Å². The number of fused-ring (bicyclic) bond motifs is 1. The van der Waals surface area contributed by atoms with Crippen LogP contribution in [0.4, 0.5) is 9.93 Å². The van der Waals surface area contributed by atoms with Gasteiger partial charge in [-0.1, -0.05) is 30.3 Å². The molecule has 0 radical (unpaired) electrons. The number of carboxylic acids is 1. The Morgan fingerprint density at radius 1 is 1.08 bits per heavy atom. The molecule has 3 N–H and O–H groups in total. The van der Waals surface area contributed by atoms with E-state index in [2.05, 4.69) is 15.6 Å². The Hall–Kier alpha value is -4.25. The number of carbonyl (C=O) groups excluding carboxylic acids is 1. The average Bonchev–Trinajstić information content (AvgIpc) is 3.34. The second-order valence-corrected chi connectivity index (χ2v) is 10.4. The van der Waals surface area contributed by atoms with E-state index in [0.717, 1.165) is 5.56 Å². The summed E-state index contributed by atoms with van der Waals surface area (Å²) in [6, 6.07) is 14.8. The van der Waals surface area contributed by atoms with Crippen LogP contribution in [0.1, 0.15) is 49.1 Å². The van der Waals surface area contributed by atoms with E-state index < -0.39 is 17.7 Å². The first kappa shape index (κ1) is 26.8. The van der Waals surface area contributed by atoms with E-state index in [1.165, 1.54) is 16.7 Å². The minimum absolute atomic E-state index is 0.0330. The lowest BCUT2D eigenvalue weighted by molar-refractivity contribution is 0.0526. The van der Waals surface area contributed by atoms with E-state index in [0.29, 0.717) is 46.9 Å². The summed E-state index contributed by atoms with van der Waals surface area (Å²) >= 11 is 1.18. The van der Waals surface area contributed by atoms with Gasteiger partial charge in [-0.05, 0) is 51.0 Å². The molecule has 4 aromatic rings. The number of hydrogen-bond donors (Lipinski definition) is 3. The zero-order chi connectivity index (χ0) is 27.3. The lowest BCUT2D eigenvalue weighted by Gasteiger charge is -2.19. The van der Waals surface area contributed by atoms with Crippen LogP contribution in [0.2, 0.25) is 0 Å². The molecule has 198 valence electrons. The molecule has 0 unspecified atom stereocenters. The molecule has 2 aromatic heterocycles.